The van der Waals surface area contributed by atoms with Crippen LogP contribution in [0.2, 0.25) is 0 Å². The third-order valence-corrected chi connectivity index (χ3v) is 17.4. The molecule has 7 nitrogen and oxygen atoms in total. The normalized spacial score (nSPS) is 37.3. The third-order valence-electron chi connectivity index (χ3n) is 17.4. The van der Waals surface area contributed by atoms with Gasteiger partial charge in [-0.25, -0.2) is 0 Å². The van der Waals surface area contributed by atoms with Gasteiger partial charge in [0, 0.05) is 11.8 Å². The van der Waals surface area contributed by atoms with E-state index in [1.165, 1.54) is 5.57 Å². The Morgan fingerprint density at radius 1 is 0.836 bits per heavy atom. The van der Waals surface area contributed by atoms with Crippen molar-refractivity contribution >= 4 is 23.6 Å². The second-order valence-corrected chi connectivity index (χ2v) is 20.3. The summed E-state index contributed by atoms with van der Waals surface area (Å²) in [5, 5.41) is 16.2. The number of benzene rings is 1. The van der Waals surface area contributed by atoms with Gasteiger partial charge in [-0.2, -0.15) is 0 Å². The fourth-order valence-electron chi connectivity index (χ4n) is 14.2. The molecular formula is C48H72N2O5. The second kappa shape index (κ2) is 15.8. The summed E-state index contributed by atoms with van der Waals surface area (Å²) in [5.74, 6) is 0.914. The zero-order valence-corrected chi connectivity index (χ0v) is 35.2. The maximum atomic E-state index is 15.2. The first-order chi connectivity index (χ1) is 26.0. The van der Waals surface area contributed by atoms with Crippen molar-refractivity contribution in [2.24, 2.45) is 56.7 Å². The first-order valence-corrected chi connectivity index (χ1v) is 22.0. The number of carboxylic acid groups (broad SMARTS) is 1. The van der Waals surface area contributed by atoms with E-state index >= 15 is 4.79 Å². The average molecular weight is 757 g/mol. The number of unbranched alkanes of at least 4 members (excludes halogenated alkanes) is 4. The fourth-order valence-corrected chi connectivity index (χ4v) is 14.2. The number of hydrogen-bond acceptors (Lipinski definition) is 4. The summed E-state index contributed by atoms with van der Waals surface area (Å²) in [6, 6.07) is 7.87. The first kappa shape index (κ1) is 41.7. The molecule has 0 aromatic heterocycles. The van der Waals surface area contributed by atoms with Crippen molar-refractivity contribution in [2.75, 3.05) is 0 Å². The van der Waals surface area contributed by atoms with E-state index in [4.69, 9.17) is 0 Å². The van der Waals surface area contributed by atoms with Crippen LogP contribution >= 0.6 is 0 Å². The van der Waals surface area contributed by atoms with E-state index in [2.05, 4.69) is 65.7 Å². The minimum Gasteiger partial charge on any atom is -0.481 e. The van der Waals surface area contributed by atoms with Crippen LogP contribution in [0.4, 0.5) is 0 Å². The van der Waals surface area contributed by atoms with Crippen LogP contribution in [0.5, 0.6) is 0 Å². The Balaban J connectivity index is 1.29. The largest absolute Gasteiger partial charge is 0.481 e. The number of rotatable bonds is 14. The first-order valence-electron chi connectivity index (χ1n) is 22.0. The van der Waals surface area contributed by atoms with Gasteiger partial charge in [0.1, 0.15) is 11.8 Å². The Hall–Kier alpha value is -2.96. The van der Waals surface area contributed by atoms with E-state index < -0.39 is 23.5 Å². The lowest BCUT2D eigenvalue weighted by atomic mass is 9.32. The molecule has 3 N–H and O–H groups in total. The zero-order chi connectivity index (χ0) is 40.0. The maximum Gasteiger partial charge on any atom is 0.305 e. The van der Waals surface area contributed by atoms with Gasteiger partial charge in [0.05, 0.1) is 17.9 Å². The highest BCUT2D eigenvalue weighted by molar-refractivity contribution is 5.91. The number of carboxylic acids is 1. The lowest BCUT2D eigenvalue weighted by Crippen LogP contribution is -2.67. The molecule has 0 spiro atoms. The number of amides is 2. The van der Waals surface area contributed by atoms with Crippen LogP contribution in [-0.2, 0) is 19.2 Å². The Morgan fingerprint density at radius 3 is 2.22 bits per heavy atom. The van der Waals surface area contributed by atoms with Crippen LogP contribution in [0.15, 0.2) is 42.5 Å². The predicted molar refractivity (Wildman–Crippen MR) is 219 cm³/mol. The molecule has 5 fully saturated rings. The van der Waals surface area contributed by atoms with Crippen molar-refractivity contribution < 1.29 is 24.3 Å². The van der Waals surface area contributed by atoms with E-state index in [9.17, 15) is 19.5 Å². The van der Waals surface area contributed by atoms with Crippen LogP contribution in [-0.4, -0.2) is 34.7 Å². The Kier molecular flexibility index (Phi) is 11.9. The van der Waals surface area contributed by atoms with Gasteiger partial charge in [-0.15, -0.1) is 0 Å². The lowest BCUT2D eigenvalue weighted by molar-refractivity contribution is -0.233. The Labute approximate surface area is 332 Å². The van der Waals surface area contributed by atoms with Crippen LogP contribution in [0.25, 0.3) is 0 Å². The van der Waals surface area contributed by atoms with Gasteiger partial charge in [-0.1, -0.05) is 116 Å². The molecule has 2 amide bonds. The fraction of sp³-hybridized carbons (Fsp3) is 0.750. The lowest BCUT2D eigenvalue weighted by Gasteiger charge is -2.72. The third kappa shape index (κ3) is 7.15. The van der Waals surface area contributed by atoms with Crippen LogP contribution in [0, 0.1) is 56.7 Å². The number of aliphatic carboxylic acids is 1. The van der Waals surface area contributed by atoms with Gasteiger partial charge < -0.3 is 15.7 Å². The summed E-state index contributed by atoms with van der Waals surface area (Å²) in [6.45, 7) is 21.0. The summed E-state index contributed by atoms with van der Waals surface area (Å²) in [6.07, 6.45) is 15.1. The number of carbonyl (C=O) groups is 4. The molecule has 0 saturated heterocycles. The average Bonchev–Trinajstić information content (AvgIpc) is 3.54. The summed E-state index contributed by atoms with van der Waals surface area (Å²) in [7, 11) is 0. The molecule has 0 heterocycles. The molecule has 304 valence electrons. The molecular weight excluding hydrogens is 685 g/mol. The minimum atomic E-state index is -0.982. The summed E-state index contributed by atoms with van der Waals surface area (Å²) in [5.41, 5.74) is 1.35. The highest BCUT2D eigenvalue weighted by Gasteiger charge is 2.72. The number of hydrogen-bond donors (Lipinski definition) is 3. The van der Waals surface area contributed by atoms with Crippen LogP contribution in [0.3, 0.4) is 0 Å². The van der Waals surface area contributed by atoms with Crippen molar-refractivity contribution in [3.05, 3.63) is 48.0 Å². The molecule has 55 heavy (non-hydrogen) atoms. The number of nitrogens with one attached hydrogen (secondary N) is 2. The van der Waals surface area contributed by atoms with E-state index in [-0.39, 0.29) is 51.7 Å². The molecule has 0 bridgehead atoms. The van der Waals surface area contributed by atoms with Gasteiger partial charge >= 0.3 is 5.97 Å². The summed E-state index contributed by atoms with van der Waals surface area (Å²) < 4.78 is 0. The van der Waals surface area contributed by atoms with Crippen molar-refractivity contribution in [2.45, 2.75) is 170 Å². The van der Waals surface area contributed by atoms with Crippen molar-refractivity contribution in [1.29, 1.82) is 0 Å². The zero-order valence-electron chi connectivity index (χ0n) is 35.2. The Morgan fingerprint density at radius 2 is 1.55 bits per heavy atom. The maximum absolute atomic E-state index is 15.2. The molecule has 0 radical (unpaired) electrons. The molecule has 5 saturated carbocycles. The van der Waals surface area contributed by atoms with Gasteiger partial charge in [-0.3, -0.25) is 19.2 Å². The number of ketones is 1. The van der Waals surface area contributed by atoms with Gasteiger partial charge in [0.15, 0.2) is 0 Å². The SMILES string of the molecule is C=C(C)[C@@H]1CC[C@]2(C(=O)NC(CCCCCCC)C(=O)NC(CC(=O)O)c3ccccc3)CC[C@]3(C)C(CCC4[C@@]5(C)CCC(=O)C(C)(C)C5CC[C@]43C)C12. The molecule has 0 aliphatic heterocycles. The number of Topliss-reactive ketones (excluding diaryl/α,β-unsaturated/α-hetero) is 1. The molecule has 11 atom stereocenters. The number of carbonyl (C=O) groups excluding carboxylic acids is 3. The standard InChI is InChI=1S/C48H72N2O5/c1-9-10-11-12-16-19-35(42(54)49-36(30-40(52)53)32-17-14-13-15-18-32)50-43(55)48-27-22-33(31(2)3)41(48)34-20-21-38-45(6)25-24-39(51)44(4,5)37(45)23-26-47(38,8)46(34,7)28-29-48/h13-15,17-18,33-38,41H,2,9-12,16,19-30H2,1,3-8H3,(H,49,54)(H,50,55)(H,52,53)/t33-,34?,35?,36?,37?,38?,41?,45-,46+,47+,48-/m0/s1. The summed E-state index contributed by atoms with van der Waals surface area (Å²) in [4.78, 5) is 54.6. The van der Waals surface area contributed by atoms with E-state index in [1.54, 1.807) is 0 Å². The van der Waals surface area contributed by atoms with E-state index in [0.717, 1.165) is 95.5 Å². The smallest absolute Gasteiger partial charge is 0.305 e. The van der Waals surface area contributed by atoms with Crippen molar-refractivity contribution in [1.82, 2.24) is 10.6 Å². The molecule has 5 aliphatic carbocycles. The second-order valence-electron chi connectivity index (χ2n) is 20.3. The van der Waals surface area contributed by atoms with Gasteiger partial charge in [0.2, 0.25) is 11.8 Å². The molecule has 1 aromatic rings. The topological polar surface area (TPSA) is 113 Å². The quantitative estimate of drug-likeness (QED) is 0.129. The van der Waals surface area contributed by atoms with Gasteiger partial charge in [-0.05, 0) is 123 Å². The number of fused-ring (bicyclic) bond motifs is 7. The summed E-state index contributed by atoms with van der Waals surface area (Å²) >= 11 is 0. The van der Waals surface area contributed by atoms with Crippen molar-refractivity contribution in [3.8, 4) is 0 Å². The molecule has 7 heteroatoms. The van der Waals surface area contributed by atoms with E-state index in [1.807, 2.05) is 30.3 Å². The minimum absolute atomic E-state index is 0.0157. The number of allylic oxidation sites excluding steroid dienone is 1. The molecule has 1 aromatic carbocycles. The molecule has 6 unspecified atom stereocenters. The Bertz CT molecular complexity index is 1620. The van der Waals surface area contributed by atoms with Gasteiger partial charge in [0.25, 0.3) is 0 Å². The van der Waals surface area contributed by atoms with Crippen LogP contribution < -0.4 is 10.6 Å². The highest BCUT2D eigenvalue weighted by Crippen LogP contribution is 2.77. The monoisotopic (exact) mass is 757 g/mol. The molecule has 6 rings (SSSR count). The molecule has 5 aliphatic rings. The highest BCUT2D eigenvalue weighted by atomic mass is 16.4. The van der Waals surface area contributed by atoms with Crippen LogP contribution in [0.1, 0.15) is 169 Å². The predicted octanol–water partition coefficient (Wildman–Crippen LogP) is 10.4. The van der Waals surface area contributed by atoms with Crippen molar-refractivity contribution in [3.63, 3.8) is 0 Å². The van der Waals surface area contributed by atoms with E-state index in [0.29, 0.717) is 36.4 Å².